The van der Waals surface area contributed by atoms with Gasteiger partial charge in [0.1, 0.15) is 19.3 Å². The summed E-state index contributed by atoms with van der Waals surface area (Å²) in [4.78, 5) is 12.8. The minimum absolute atomic E-state index is 0.0955. The first-order valence-corrected chi connectivity index (χ1v) is 11.8. The topological polar surface area (TPSA) is 84.9 Å². The van der Waals surface area contributed by atoms with Crippen LogP contribution in [0.15, 0.2) is 48.5 Å². The van der Waals surface area contributed by atoms with Crippen molar-refractivity contribution in [2.24, 2.45) is 0 Å². The Hall–Kier alpha value is -2.74. The first-order chi connectivity index (χ1) is 14.3. The Labute approximate surface area is 178 Å². The van der Waals surface area contributed by atoms with E-state index in [1.165, 1.54) is 5.56 Å². The third-order valence-electron chi connectivity index (χ3n) is 4.97. The van der Waals surface area contributed by atoms with Crippen LogP contribution in [-0.4, -0.2) is 45.9 Å². The number of anilines is 1. The quantitative estimate of drug-likeness (QED) is 0.693. The Bertz CT molecular complexity index is 978. The number of nitrogens with one attached hydrogen (secondary N) is 1. The Kier molecular flexibility index (Phi) is 6.87. The van der Waals surface area contributed by atoms with Gasteiger partial charge in [0.15, 0.2) is 11.5 Å². The molecule has 1 N–H and O–H groups in total. The lowest BCUT2D eigenvalue weighted by Crippen LogP contribution is -2.50. The van der Waals surface area contributed by atoms with E-state index in [1.54, 1.807) is 25.1 Å². The number of aryl methyl sites for hydroxylation is 1. The fraction of sp³-hybridized carbons (Fsp3) is 0.409. The van der Waals surface area contributed by atoms with E-state index in [9.17, 15) is 13.2 Å². The fourth-order valence-electron chi connectivity index (χ4n) is 3.44. The summed E-state index contributed by atoms with van der Waals surface area (Å²) in [6.45, 7) is 4.34. The van der Waals surface area contributed by atoms with Crippen LogP contribution in [0.25, 0.3) is 0 Å². The lowest BCUT2D eigenvalue weighted by atomic mass is 10.1. The van der Waals surface area contributed by atoms with Crippen LogP contribution in [0, 0.1) is 0 Å². The van der Waals surface area contributed by atoms with Crippen molar-refractivity contribution in [2.75, 3.05) is 23.8 Å². The maximum atomic E-state index is 12.8. The van der Waals surface area contributed by atoms with Gasteiger partial charge < -0.3 is 14.8 Å². The third-order valence-corrected chi connectivity index (χ3v) is 6.21. The maximum absolute atomic E-state index is 12.8. The van der Waals surface area contributed by atoms with Crippen LogP contribution < -0.4 is 19.1 Å². The van der Waals surface area contributed by atoms with E-state index in [1.807, 2.05) is 37.3 Å². The normalized spacial score (nSPS) is 15.2. The van der Waals surface area contributed by atoms with Gasteiger partial charge >= 0.3 is 0 Å². The Balaban J connectivity index is 1.70. The molecular formula is C22H28N2O5S. The van der Waals surface area contributed by atoms with E-state index >= 15 is 0 Å². The number of amides is 1. The van der Waals surface area contributed by atoms with Crippen molar-refractivity contribution in [3.63, 3.8) is 0 Å². The number of carbonyl (C=O) groups excluding carboxylic acids is 1. The molecule has 0 saturated carbocycles. The second kappa shape index (κ2) is 9.38. The molecular weight excluding hydrogens is 404 g/mol. The van der Waals surface area contributed by atoms with E-state index in [-0.39, 0.29) is 11.9 Å². The molecule has 2 atom stereocenters. The molecule has 1 aliphatic heterocycles. The number of carbonyl (C=O) groups is 1. The van der Waals surface area contributed by atoms with Crippen LogP contribution in [-0.2, 0) is 21.2 Å². The average molecular weight is 433 g/mol. The maximum Gasteiger partial charge on any atom is 0.243 e. The van der Waals surface area contributed by atoms with Crippen molar-refractivity contribution in [3.8, 4) is 11.5 Å². The predicted octanol–water partition coefficient (Wildman–Crippen LogP) is 2.75. The Morgan fingerprint density at radius 2 is 1.73 bits per heavy atom. The predicted molar refractivity (Wildman–Crippen MR) is 117 cm³/mol. The molecule has 30 heavy (non-hydrogen) atoms. The second-order valence-electron chi connectivity index (χ2n) is 7.50. The summed E-state index contributed by atoms with van der Waals surface area (Å²) in [5, 5.41) is 2.93. The standard InChI is InChI=1S/C22H28N2O5S/c1-16(9-10-18-7-5-4-6-8-18)23-22(25)17(2)24(30(3,26)27)19-11-12-20-21(15-19)29-14-13-28-20/h4-8,11-12,15-17H,9-10,13-14H2,1-3H3,(H,23,25)/t16-,17+/m1/s1. The molecule has 0 aromatic heterocycles. The number of fused-ring (bicyclic) bond motifs is 1. The largest absolute Gasteiger partial charge is 0.486 e. The highest BCUT2D eigenvalue weighted by molar-refractivity contribution is 7.92. The highest BCUT2D eigenvalue weighted by Crippen LogP contribution is 2.35. The monoisotopic (exact) mass is 432 g/mol. The molecule has 8 heteroatoms. The number of hydrogen-bond acceptors (Lipinski definition) is 5. The number of sulfonamides is 1. The smallest absolute Gasteiger partial charge is 0.243 e. The van der Waals surface area contributed by atoms with Crippen LogP contribution in [0.3, 0.4) is 0 Å². The molecule has 0 aliphatic carbocycles. The third kappa shape index (κ3) is 5.44. The van der Waals surface area contributed by atoms with Gasteiger partial charge in [-0.1, -0.05) is 30.3 Å². The Morgan fingerprint density at radius 1 is 1.07 bits per heavy atom. The molecule has 0 fully saturated rings. The molecule has 2 aromatic carbocycles. The number of rotatable bonds is 8. The summed E-state index contributed by atoms with van der Waals surface area (Å²) in [6.07, 6.45) is 2.67. The van der Waals surface area contributed by atoms with Crippen molar-refractivity contribution in [1.29, 1.82) is 0 Å². The van der Waals surface area contributed by atoms with Crippen LogP contribution in [0.5, 0.6) is 11.5 Å². The minimum atomic E-state index is -3.70. The van der Waals surface area contributed by atoms with Crippen LogP contribution >= 0.6 is 0 Å². The lowest BCUT2D eigenvalue weighted by molar-refractivity contribution is -0.122. The van der Waals surface area contributed by atoms with Gasteiger partial charge in [-0.25, -0.2) is 8.42 Å². The SMILES string of the molecule is C[C@H](CCc1ccccc1)NC(=O)[C@H](C)N(c1ccc2c(c1)OCCO2)S(C)(=O)=O. The van der Waals surface area contributed by atoms with Crippen molar-refractivity contribution in [3.05, 3.63) is 54.1 Å². The number of hydrogen-bond donors (Lipinski definition) is 1. The van der Waals surface area contributed by atoms with Crippen molar-refractivity contribution in [2.45, 2.75) is 38.8 Å². The van der Waals surface area contributed by atoms with Gasteiger partial charge in [0, 0.05) is 12.1 Å². The highest BCUT2D eigenvalue weighted by atomic mass is 32.2. The molecule has 3 rings (SSSR count). The van der Waals surface area contributed by atoms with Gasteiger partial charge in [-0.3, -0.25) is 9.10 Å². The number of nitrogens with zero attached hydrogens (tertiary/aromatic N) is 1. The number of benzene rings is 2. The zero-order valence-electron chi connectivity index (χ0n) is 17.5. The lowest BCUT2D eigenvalue weighted by Gasteiger charge is -2.30. The van der Waals surface area contributed by atoms with Crippen molar-refractivity contribution >= 4 is 21.6 Å². The summed E-state index contributed by atoms with van der Waals surface area (Å²) < 4.78 is 37.2. The summed E-state index contributed by atoms with van der Waals surface area (Å²) in [5.41, 5.74) is 1.56. The molecule has 0 spiro atoms. The van der Waals surface area contributed by atoms with Crippen LogP contribution in [0.2, 0.25) is 0 Å². The minimum Gasteiger partial charge on any atom is -0.486 e. The van der Waals surface area contributed by atoms with E-state index < -0.39 is 16.1 Å². The van der Waals surface area contributed by atoms with E-state index in [2.05, 4.69) is 5.32 Å². The molecule has 0 bridgehead atoms. The summed E-state index contributed by atoms with van der Waals surface area (Å²) >= 11 is 0. The molecule has 0 saturated heterocycles. The molecule has 2 aromatic rings. The molecule has 1 heterocycles. The van der Waals surface area contributed by atoms with Gasteiger partial charge in [-0.15, -0.1) is 0 Å². The molecule has 1 aliphatic rings. The molecule has 1 amide bonds. The van der Waals surface area contributed by atoms with E-state index in [4.69, 9.17) is 9.47 Å². The first kappa shape index (κ1) is 22.0. The summed E-state index contributed by atoms with van der Waals surface area (Å²) in [5.74, 6) is 0.678. The zero-order valence-corrected chi connectivity index (χ0v) is 18.3. The van der Waals surface area contributed by atoms with Crippen LogP contribution in [0.1, 0.15) is 25.8 Å². The summed E-state index contributed by atoms with van der Waals surface area (Å²) in [7, 11) is -3.70. The Morgan fingerprint density at radius 3 is 2.40 bits per heavy atom. The van der Waals surface area contributed by atoms with Crippen LogP contribution in [0.4, 0.5) is 5.69 Å². The second-order valence-corrected chi connectivity index (χ2v) is 9.36. The average Bonchev–Trinajstić information content (AvgIpc) is 2.72. The molecule has 0 unspecified atom stereocenters. The summed E-state index contributed by atoms with van der Waals surface area (Å²) in [6, 6.07) is 13.9. The van der Waals surface area contributed by atoms with Gasteiger partial charge in [0.05, 0.1) is 11.9 Å². The zero-order chi connectivity index (χ0) is 21.7. The van der Waals surface area contributed by atoms with E-state index in [0.717, 1.165) is 23.4 Å². The van der Waals surface area contributed by atoms with Crippen molar-refractivity contribution < 1.29 is 22.7 Å². The molecule has 7 nitrogen and oxygen atoms in total. The van der Waals surface area contributed by atoms with E-state index in [0.29, 0.717) is 30.4 Å². The number of ether oxygens (including phenoxy) is 2. The van der Waals surface area contributed by atoms with Gasteiger partial charge in [-0.2, -0.15) is 0 Å². The van der Waals surface area contributed by atoms with Gasteiger partial charge in [0.25, 0.3) is 0 Å². The van der Waals surface area contributed by atoms with Crippen molar-refractivity contribution in [1.82, 2.24) is 5.32 Å². The fourth-order valence-corrected chi connectivity index (χ4v) is 4.61. The first-order valence-electron chi connectivity index (χ1n) is 9.99. The highest BCUT2D eigenvalue weighted by Gasteiger charge is 2.30. The molecule has 162 valence electrons. The van der Waals surface area contributed by atoms with Gasteiger partial charge in [-0.05, 0) is 44.4 Å². The van der Waals surface area contributed by atoms with Gasteiger partial charge in [0.2, 0.25) is 15.9 Å². The molecule has 0 radical (unpaired) electrons.